The average Bonchev–Trinajstić information content (AvgIpc) is 2.57. The molecule has 0 aliphatic carbocycles. The van der Waals surface area contributed by atoms with E-state index in [1.807, 2.05) is 30.3 Å². The van der Waals surface area contributed by atoms with Crippen LogP contribution < -0.4 is 9.80 Å². The van der Waals surface area contributed by atoms with Crippen LogP contribution in [0.1, 0.15) is 13.3 Å². The summed E-state index contributed by atoms with van der Waals surface area (Å²) >= 11 is 12.3. The highest BCUT2D eigenvalue weighted by molar-refractivity contribution is 6.39. The number of benzene rings is 2. The van der Waals surface area contributed by atoms with Gasteiger partial charge in [-0.15, -0.1) is 0 Å². The summed E-state index contributed by atoms with van der Waals surface area (Å²) in [6.45, 7) is 1.62. The lowest BCUT2D eigenvalue weighted by molar-refractivity contribution is -0.118. The van der Waals surface area contributed by atoms with Crippen molar-refractivity contribution in [3.63, 3.8) is 0 Å². The van der Waals surface area contributed by atoms with E-state index < -0.39 is 0 Å². The van der Waals surface area contributed by atoms with Gasteiger partial charge in [0.2, 0.25) is 11.8 Å². The molecule has 6 heteroatoms. The molecular weight excluding hydrogens is 347 g/mol. The van der Waals surface area contributed by atoms with Crippen LogP contribution in [-0.2, 0) is 9.59 Å². The van der Waals surface area contributed by atoms with Crippen molar-refractivity contribution in [1.82, 2.24) is 0 Å². The van der Waals surface area contributed by atoms with E-state index >= 15 is 0 Å². The molecule has 24 heavy (non-hydrogen) atoms. The zero-order valence-corrected chi connectivity index (χ0v) is 15.0. The van der Waals surface area contributed by atoms with Gasteiger partial charge in [-0.05, 0) is 24.3 Å². The molecule has 2 rings (SSSR count). The predicted molar refractivity (Wildman–Crippen MR) is 99.0 cm³/mol. The molecule has 0 unspecified atom stereocenters. The second-order valence-electron chi connectivity index (χ2n) is 5.28. The van der Waals surface area contributed by atoms with E-state index in [-0.39, 0.29) is 24.8 Å². The molecular formula is C18H18Cl2N2O2. The lowest BCUT2D eigenvalue weighted by Gasteiger charge is -2.24. The van der Waals surface area contributed by atoms with Crippen molar-refractivity contribution >= 4 is 46.4 Å². The number of hydrogen-bond acceptors (Lipinski definition) is 2. The van der Waals surface area contributed by atoms with Gasteiger partial charge in [0, 0.05) is 32.6 Å². The Bertz CT molecular complexity index is 715. The SMILES string of the molecule is CC(=O)N(CCC(=O)N(C)c1ccccc1)c1c(Cl)cccc1Cl. The minimum atomic E-state index is -0.222. The molecule has 2 aromatic carbocycles. The van der Waals surface area contributed by atoms with Gasteiger partial charge in [0.05, 0.1) is 15.7 Å². The zero-order valence-electron chi connectivity index (χ0n) is 13.5. The van der Waals surface area contributed by atoms with Crippen LogP contribution in [-0.4, -0.2) is 25.4 Å². The molecule has 0 N–H and O–H groups in total. The summed E-state index contributed by atoms with van der Waals surface area (Å²) in [5, 5.41) is 0.753. The lowest BCUT2D eigenvalue weighted by Crippen LogP contribution is -2.35. The van der Waals surface area contributed by atoms with Crippen molar-refractivity contribution < 1.29 is 9.59 Å². The third-order valence-corrected chi connectivity index (χ3v) is 4.26. The molecule has 0 radical (unpaired) electrons. The normalized spacial score (nSPS) is 10.3. The maximum atomic E-state index is 12.4. The highest BCUT2D eigenvalue weighted by atomic mass is 35.5. The van der Waals surface area contributed by atoms with Crippen molar-refractivity contribution in [2.75, 3.05) is 23.4 Å². The maximum absolute atomic E-state index is 12.4. The van der Waals surface area contributed by atoms with E-state index in [2.05, 4.69) is 0 Å². The molecule has 0 spiro atoms. The number of halogens is 2. The molecule has 2 amide bonds. The summed E-state index contributed by atoms with van der Waals surface area (Å²) in [5.74, 6) is -0.323. The molecule has 0 aliphatic rings. The fourth-order valence-corrected chi connectivity index (χ4v) is 2.95. The number of carbonyl (C=O) groups excluding carboxylic acids is 2. The van der Waals surface area contributed by atoms with Gasteiger partial charge in [0.25, 0.3) is 0 Å². The van der Waals surface area contributed by atoms with E-state index in [0.29, 0.717) is 15.7 Å². The van der Waals surface area contributed by atoms with Gasteiger partial charge in [0.15, 0.2) is 0 Å². The van der Waals surface area contributed by atoms with Crippen LogP contribution in [0.5, 0.6) is 0 Å². The van der Waals surface area contributed by atoms with Gasteiger partial charge in [-0.25, -0.2) is 0 Å². The Morgan fingerprint density at radius 1 is 0.958 bits per heavy atom. The Balaban J connectivity index is 2.12. The van der Waals surface area contributed by atoms with Crippen LogP contribution >= 0.6 is 23.2 Å². The number of carbonyl (C=O) groups is 2. The van der Waals surface area contributed by atoms with Gasteiger partial charge >= 0.3 is 0 Å². The van der Waals surface area contributed by atoms with Crippen molar-refractivity contribution in [1.29, 1.82) is 0 Å². The molecule has 2 aromatic rings. The van der Waals surface area contributed by atoms with Crippen molar-refractivity contribution in [2.24, 2.45) is 0 Å². The quantitative estimate of drug-likeness (QED) is 0.788. The number of para-hydroxylation sites is 2. The second kappa shape index (κ2) is 8.18. The number of hydrogen-bond donors (Lipinski definition) is 0. The smallest absolute Gasteiger partial charge is 0.228 e. The third-order valence-electron chi connectivity index (χ3n) is 3.65. The predicted octanol–water partition coefficient (Wildman–Crippen LogP) is 4.40. The molecule has 4 nitrogen and oxygen atoms in total. The van der Waals surface area contributed by atoms with Crippen LogP contribution in [0, 0.1) is 0 Å². The van der Waals surface area contributed by atoms with E-state index in [1.54, 1.807) is 30.1 Å². The molecule has 0 bridgehead atoms. The fraction of sp³-hybridized carbons (Fsp3) is 0.222. The Morgan fingerprint density at radius 2 is 1.54 bits per heavy atom. The minimum absolute atomic E-state index is 0.101. The Hall–Kier alpha value is -2.04. The van der Waals surface area contributed by atoms with Crippen LogP contribution in [0.15, 0.2) is 48.5 Å². The molecule has 0 aliphatic heterocycles. The van der Waals surface area contributed by atoms with Crippen LogP contribution in [0.4, 0.5) is 11.4 Å². The van der Waals surface area contributed by atoms with Crippen molar-refractivity contribution in [3.8, 4) is 0 Å². The Labute approximate surface area is 151 Å². The number of nitrogens with zero attached hydrogens (tertiary/aromatic N) is 2. The fourth-order valence-electron chi connectivity index (χ4n) is 2.34. The van der Waals surface area contributed by atoms with E-state index in [9.17, 15) is 9.59 Å². The Morgan fingerprint density at radius 3 is 2.08 bits per heavy atom. The molecule has 0 saturated heterocycles. The second-order valence-corrected chi connectivity index (χ2v) is 6.09. The van der Waals surface area contributed by atoms with Gasteiger partial charge in [-0.3, -0.25) is 9.59 Å². The summed E-state index contributed by atoms with van der Waals surface area (Å²) in [5.41, 5.74) is 1.23. The summed E-state index contributed by atoms with van der Waals surface area (Å²) in [7, 11) is 1.71. The average molecular weight is 365 g/mol. The van der Waals surface area contributed by atoms with Crippen LogP contribution in [0.2, 0.25) is 10.0 Å². The number of amides is 2. The van der Waals surface area contributed by atoms with Gasteiger partial charge in [0.1, 0.15) is 0 Å². The molecule has 0 aromatic heterocycles. The third kappa shape index (κ3) is 4.28. The molecule has 0 atom stereocenters. The van der Waals surface area contributed by atoms with Gasteiger partial charge in [-0.2, -0.15) is 0 Å². The van der Waals surface area contributed by atoms with Crippen molar-refractivity contribution in [3.05, 3.63) is 58.6 Å². The van der Waals surface area contributed by atoms with Crippen LogP contribution in [0.25, 0.3) is 0 Å². The van der Waals surface area contributed by atoms with E-state index in [0.717, 1.165) is 5.69 Å². The van der Waals surface area contributed by atoms with Gasteiger partial charge in [-0.1, -0.05) is 47.5 Å². The highest BCUT2D eigenvalue weighted by Gasteiger charge is 2.20. The standard InChI is InChI=1S/C18H18Cl2N2O2/c1-13(23)22(18-15(19)9-6-10-16(18)20)12-11-17(24)21(2)14-7-4-3-5-8-14/h3-10H,11-12H2,1-2H3. The minimum Gasteiger partial charge on any atom is -0.315 e. The first-order valence-corrected chi connectivity index (χ1v) is 8.21. The summed E-state index contributed by atoms with van der Waals surface area (Å²) in [6, 6.07) is 14.4. The van der Waals surface area contributed by atoms with Crippen LogP contribution in [0.3, 0.4) is 0 Å². The van der Waals surface area contributed by atoms with Gasteiger partial charge < -0.3 is 9.80 Å². The molecule has 0 saturated carbocycles. The zero-order chi connectivity index (χ0) is 17.7. The van der Waals surface area contributed by atoms with Crippen molar-refractivity contribution in [2.45, 2.75) is 13.3 Å². The lowest BCUT2D eigenvalue weighted by atomic mass is 10.2. The number of rotatable bonds is 5. The highest BCUT2D eigenvalue weighted by Crippen LogP contribution is 2.33. The summed E-state index contributed by atoms with van der Waals surface area (Å²) in [6.07, 6.45) is 0.159. The Kier molecular flexibility index (Phi) is 6.23. The van der Waals surface area contributed by atoms with E-state index in [1.165, 1.54) is 11.8 Å². The topological polar surface area (TPSA) is 40.6 Å². The first-order chi connectivity index (χ1) is 11.4. The summed E-state index contributed by atoms with van der Waals surface area (Å²) in [4.78, 5) is 27.4. The monoisotopic (exact) mass is 364 g/mol. The molecule has 0 heterocycles. The largest absolute Gasteiger partial charge is 0.315 e. The van der Waals surface area contributed by atoms with E-state index in [4.69, 9.17) is 23.2 Å². The first-order valence-electron chi connectivity index (χ1n) is 7.45. The first kappa shape index (κ1) is 18.3. The molecule has 0 fully saturated rings. The number of anilines is 2. The molecule has 126 valence electrons. The summed E-state index contributed by atoms with van der Waals surface area (Å²) < 4.78 is 0. The maximum Gasteiger partial charge on any atom is 0.228 e.